The summed E-state index contributed by atoms with van der Waals surface area (Å²) in [6.07, 6.45) is 5.97. The third-order valence-electron chi connectivity index (χ3n) is 4.91. The topological polar surface area (TPSA) is 57.3 Å². The molecule has 2 heterocycles. The highest BCUT2D eigenvalue weighted by Crippen LogP contribution is 2.20. The Balaban J connectivity index is 1.27. The van der Waals surface area contributed by atoms with E-state index in [1.807, 2.05) is 24.4 Å². The van der Waals surface area contributed by atoms with Crippen molar-refractivity contribution < 1.29 is 4.79 Å². The van der Waals surface area contributed by atoms with Crippen LogP contribution in [0.15, 0.2) is 54.7 Å². The van der Waals surface area contributed by atoms with Gasteiger partial charge in [-0.3, -0.25) is 0 Å². The number of benzene rings is 1. The fourth-order valence-electron chi connectivity index (χ4n) is 3.35. The number of aromatic nitrogens is 1. The maximum Gasteiger partial charge on any atom is 0.314 e. The summed E-state index contributed by atoms with van der Waals surface area (Å²) in [5.74, 6) is 1.60. The van der Waals surface area contributed by atoms with E-state index in [2.05, 4.69) is 50.8 Å². The summed E-state index contributed by atoms with van der Waals surface area (Å²) >= 11 is 0. The molecule has 5 nitrogen and oxygen atoms in total. The molecule has 2 amide bonds. The van der Waals surface area contributed by atoms with Gasteiger partial charge < -0.3 is 15.5 Å². The van der Waals surface area contributed by atoms with E-state index in [9.17, 15) is 4.79 Å². The Labute approximate surface area is 155 Å². The van der Waals surface area contributed by atoms with Gasteiger partial charge in [-0.25, -0.2) is 9.78 Å². The fraction of sp³-hybridized carbons (Fsp3) is 0.429. The van der Waals surface area contributed by atoms with E-state index in [1.165, 1.54) is 5.56 Å². The molecule has 5 heteroatoms. The van der Waals surface area contributed by atoms with Gasteiger partial charge >= 0.3 is 6.03 Å². The standard InChI is InChI=1S/C21H28N4O/c26-21(23-14-6-9-18-7-2-1-3-8-18)24-17-19-11-15-25(16-12-19)20-10-4-5-13-22-20/h1-5,7-8,10,13,19H,6,9,11-12,14-17H2,(H2,23,24,26). The molecule has 26 heavy (non-hydrogen) atoms. The van der Waals surface area contributed by atoms with Crippen LogP contribution in [0.2, 0.25) is 0 Å². The van der Waals surface area contributed by atoms with Crippen LogP contribution in [0.5, 0.6) is 0 Å². The fourth-order valence-corrected chi connectivity index (χ4v) is 3.35. The van der Waals surface area contributed by atoms with Gasteiger partial charge in [0.2, 0.25) is 0 Å². The predicted octanol–water partition coefficient (Wildman–Crippen LogP) is 3.23. The first-order valence-electron chi connectivity index (χ1n) is 9.53. The Morgan fingerprint density at radius 2 is 1.81 bits per heavy atom. The number of carbonyl (C=O) groups is 1. The molecule has 0 spiro atoms. The van der Waals surface area contributed by atoms with E-state index < -0.39 is 0 Å². The molecular weight excluding hydrogens is 324 g/mol. The number of pyridine rings is 1. The molecule has 1 aromatic carbocycles. The lowest BCUT2D eigenvalue weighted by molar-refractivity contribution is 0.237. The molecule has 2 aromatic rings. The van der Waals surface area contributed by atoms with Crippen LogP contribution in [-0.4, -0.2) is 37.2 Å². The number of urea groups is 1. The third kappa shape index (κ3) is 5.76. The molecular formula is C21H28N4O. The van der Waals surface area contributed by atoms with Crippen molar-refractivity contribution in [1.82, 2.24) is 15.6 Å². The number of hydrogen-bond donors (Lipinski definition) is 2. The minimum absolute atomic E-state index is 0.0507. The zero-order valence-electron chi connectivity index (χ0n) is 15.2. The number of nitrogens with zero attached hydrogens (tertiary/aromatic N) is 2. The molecule has 1 aliphatic rings. The average molecular weight is 352 g/mol. The Hall–Kier alpha value is -2.56. The molecule has 1 fully saturated rings. The van der Waals surface area contributed by atoms with E-state index in [1.54, 1.807) is 0 Å². The molecule has 0 saturated carbocycles. The lowest BCUT2D eigenvalue weighted by Crippen LogP contribution is -2.42. The summed E-state index contributed by atoms with van der Waals surface area (Å²) in [6, 6.07) is 16.3. The molecule has 0 atom stereocenters. The normalized spacial score (nSPS) is 14.8. The smallest absolute Gasteiger partial charge is 0.314 e. The van der Waals surface area contributed by atoms with Crippen molar-refractivity contribution in [3.63, 3.8) is 0 Å². The summed E-state index contributed by atoms with van der Waals surface area (Å²) in [6.45, 7) is 3.46. The first-order valence-corrected chi connectivity index (χ1v) is 9.53. The van der Waals surface area contributed by atoms with Crippen LogP contribution < -0.4 is 15.5 Å². The summed E-state index contributed by atoms with van der Waals surface area (Å²) in [4.78, 5) is 18.7. The van der Waals surface area contributed by atoms with Crippen molar-refractivity contribution >= 4 is 11.8 Å². The number of carbonyl (C=O) groups excluding carboxylic acids is 1. The van der Waals surface area contributed by atoms with E-state index in [-0.39, 0.29) is 6.03 Å². The van der Waals surface area contributed by atoms with Crippen molar-refractivity contribution in [2.75, 3.05) is 31.1 Å². The highest BCUT2D eigenvalue weighted by Gasteiger charge is 2.20. The Bertz CT molecular complexity index is 654. The first kappa shape index (κ1) is 18.2. The van der Waals surface area contributed by atoms with Crippen molar-refractivity contribution in [2.24, 2.45) is 5.92 Å². The van der Waals surface area contributed by atoms with E-state index in [4.69, 9.17) is 0 Å². The Kier molecular flexibility index (Phi) is 6.88. The number of amides is 2. The lowest BCUT2D eigenvalue weighted by Gasteiger charge is -2.32. The van der Waals surface area contributed by atoms with Gasteiger partial charge in [-0.15, -0.1) is 0 Å². The van der Waals surface area contributed by atoms with Crippen LogP contribution in [-0.2, 0) is 6.42 Å². The van der Waals surface area contributed by atoms with Gasteiger partial charge in [-0.05, 0) is 49.3 Å². The lowest BCUT2D eigenvalue weighted by atomic mass is 9.97. The maximum absolute atomic E-state index is 11.9. The van der Waals surface area contributed by atoms with Gasteiger partial charge in [0.1, 0.15) is 5.82 Å². The van der Waals surface area contributed by atoms with Gasteiger partial charge in [0, 0.05) is 32.4 Å². The quantitative estimate of drug-likeness (QED) is 0.752. The van der Waals surface area contributed by atoms with Crippen LogP contribution in [0.3, 0.4) is 0 Å². The second kappa shape index (κ2) is 9.80. The van der Waals surface area contributed by atoms with Crippen LogP contribution in [0, 0.1) is 5.92 Å². The number of anilines is 1. The molecule has 2 N–H and O–H groups in total. The summed E-state index contributed by atoms with van der Waals surface area (Å²) in [7, 11) is 0. The molecule has 1 saturated heterocycles. The highest BCUT2D eigenvalue weighted by molar-refractivity contribution is 5.73. The zero-order valence-corrected chi connectivity index (χ0v) is 15.2. The highest BCUT2D eigenvalue weighted by atomic mass is 16.2. The van der Waals surface area contributed by atoms with Crippen LogP contribution in [0.1, 0.15) is 24.8 Å². The second-order valence-electron chi connectivity index (χ2n) is 6.84. The number of nitrogens with one attached hydrogen (secondary N) is 2. The van der Waals surface area contributed by atoms with Crippen molar-refractivity contribution in [3.8, 4) is 0 Å². The van der Waals surface area contributed by atoms with E-state index in [0.717, 1.165) is 51.1 Å². The largest absolute Gasteiger partial charge is 0.357 e. The minimum Gasteiger partial charge on any atom is -0.357 e. The number of rotatable bonds is 7. The molecule has 0 bridgehead atoms. The average Bonchev–Trinajstić information content (AvgIpc) is 2.71. The predicted molar refractivity (Wildman–Crippen MR) is 105 cm³/mol. The maximum atomic E-state index is 11.9. The second-order valence-corrected chi connectivity index (χ2v) is 6.84. The third-order valence-corrected chi connectivity index (χ3v) is 4.91. The number of aryl methyl sites for hydroxylation is 1. The Morgan fingerprint density at radius 1 is 1.04 bits per heavy atom. The molecule has 0 unspecified atom stereocenters. The molecule has 3 rings (SSSR count). The summed E-state index contributed by atoms with van der Waals surface area (Å²) in [5.41, 5.74) is 1.31. The van der Waals surface area contributed by atoms with Gasteiger partial charge in [0.05, 0.1) is 0 Å². The molecule has 138 valence electrons. The van der Waals surface area contributed by atoms with Crippen molar-refractivity contribution in [2.45, 2.75) is 25.7 Å². The van der Waals surface area contributed by atoms with Crippen LogP contribution >= 0.6 is 0 Å². The molecule has 1 aromatic heterocycles. The van der Waals surface area contributed by atoms with Crippen molar-refractivity contribution in [3.05, 3.63) is 60.3 Å². The molecule has 1 aliphatic heterocycles. The first-order chi connectivity index (χ1) is 12.8. The van der Waals surface area contributed by atoms with Gasteiger partial charge in [-0.2, -0.15) is 0 Å². The number of hydrogen-bond acceptors (Lipinski definition) is 3. The van der Waals surface area contributed by atoms with Gasteiger partial charge in [-0.1, -0.05) is 36.4 Å². The monoisotopic (exact) mass is 352 g/mol. The Morgan fingerprint density at radius 3 is 2.54 bits per heavy atom. The minimum atomic E-state index is -0.0507. The summed E-state index contributed by atoms with van der Waals surface area (Å²) in [5, 5.41) is 5.98. The van der Waals surface area contributed by atoms with Gasteiger partial charge in [0.15, 0.2) is 0 Å². The molecule has 0 aliphatic carbocycles. The van der Waals surface area contributed by atoms with Crippen molar-refractivity contribution in [1.29, 1.82) is 0 Å². The van der Waals surface area contributed by atoms with Crippen LogP contribution in [0.4, 0.5) is 10.6 Å². The van der Waals surface area contributed by atoms with E-state index in [0.29, 0.717) is 12.5 Å². The molecule has 0 radical (unpaired) electrons. The van der Waals surface area contributed by atoms with Crippen LogP contribution in [0.25, 0.3) is 0 Å². The van der Waals surface area contributed by atoms with E-state index >= 15 is 0 Å². The zero-order chi connectivity index (χ0) is 18.0. The number of piperidine rings is 1. The summed E-state index contributed by atoms with van der Waals surface area (Å²) < 4.78 is 0. The van der Waals surface area contributed by atoms with Gasteiger partial charge in [0.25, 0.3) is 0 Å². The SMILES string of the molecule is O=C(NCCCc1ccccc1)NCC1CCN(c2ccccn2)CC1.